The summed E-state index contributed by atoms with van der Waals surface area (Å²) in [6.07, 6.45) is 3.77. The van der Waals surface area contributed by atoms with Crippen molar-refractivity contribution in [1.82, 2.24) is 10.6 Å². The number of benzene rings is 1. The molecule has 3 N–H and O–H groups in total. The lowest BCUT2D eigenvalue weighted by molar-refractivity contribution is -0.129. The lowest BCUT2D eigenvalue weighted by Crippen LogP contribution is -2.53. The lowest BCUT2D eigenvalue weighted by Gasteiger charge is -2.31. The molecule has 24 heavy (non-hydrogen) atoms. The molecule has 1 aromatic rings. The van der Waals surface area contributed by atoms with Gasteiger partial charge in [0.15, 0.2) is 0 Å². The van der Waals surface area contributed by atoms with Crippen LogP contribution in [0.5, 0.6) is 0 Å². The van der Waals surface area contributed by atoms with E-state index in [0.29, 0.717) is 6.54 Å². The van der Waals surface area contributed by atoms with Crippen molar-refractivity contribution >= 4 is 17.5 Å². The number of amides is 2. The Morgan fingerprint density at radius 2 is 1.88 bits per heavy atom. The van der Waals surface area contributed by atoms with E-state index in [1.54, 1.807) is 0 Å². The second-order valence-electron chi connectivity index (χ2n) is 7.31. The smallest absolute Gasteiger partial charge is 0.232 e. The van der Waals surface area contributed by atoms with Crippen molar-refractivity contribution in [1.29, 1.82) is 0 Å². The van der Waals surface area contributed by atoms with Crippen LogP contribution >= 0.6 is 0 Å². The first kappa shape index (κ1) is 17.0. The second-order valence-corrected chi connectivity index (χ2v) is 7.31. The molecule has 2 fully saturated rings. The molecule has 3 rings (SSSR count). The molecule has 0 atom stereocenters. The Morgan fingerprint density at radius 3 is 2.46 bits per heavy atom. The Bertz CT molecular complexity index is 631. The fraction of sp³-hybridized carbons (Fsp3) is 0.579. The molecule has 1 aliphatic carbocycles. The molecule has 130 valence electrons. The van der Waals surface area contributed by atoms with Crippen LogP contribution in [0.3, 0.4) is 0 Å². The normalized spacial score (nSPS) is 19.6. The highest BCUT2D eigenvalue weighted by Gasteiger charge is 2.42. The number of nitrogens with one attached hydrogen (secondary N) is 3. The molecule has 0 unspecified atom stereocenters. The number of hydrogen-bond acceptors (Lipinski definition) is 3. The van der Waals surface area contributed by atoms with Crippen LogP contribution in [0, 0.1) is 25.2 Å². The first-order valence-corrected chi connectivity index (χ1v) is 8.87. The minimum absolute atomic E-state index is 0.0373. The van der Waals surface area contributed by atoms with Crippen LogP contribution in [0.1, 0.15) is 36.8 Å². The van der Waals surface area contributed by atoms with Crippen molar-refractivity contribution in [3.63, 3.8) is 0 Å². The van der Waals surface area contributed by atoms with E-state index in [-0.39, 0.29) is 17.7 Å². The molecule has 5 nitrogen and oxygen atoms in total. The van der Waals surface area contributed by atoms with Crippen LogP contribution in [0.2, 0.25) is 0 Å². The minimum Gasteiger partial charge on any atom is -0.355 e. The third kappa shape index (κ3) is 3.46. The van der Waals surface area contributed by atoms with Gasteiger partial charge in [0.2, 0.25) is 11.8 Å². The van der Waals surface area contributed by atoms with Gasteiger partial charge in [0.05, 0.1) is 11.3 Å². The van der Waals surface area contributed by atoms with Gasteiger partial charge in [-0.25, -0.2) is 0 Å². The van der Waals surface area contributed by atoms with Crippen LogP contribution in [0.25, 0.3) is 0 Å². The number of rotatable bonds is 5. The first-order chi connectivity index (χ1) is 11.5. The van der Waals surface area contributed by atoms with E-state index in [1.165, 1.54) is 11.1 Å². The molecule has 1 aromatic carbocycles. The van der Waals surface area contributed by atoms with Gasteiger partial charge in [-0.3, -0.25) is 9.59 Å². The van der Waals surface area contributed by atoms with Crippen molar-refractivity contribution in [2.45, 2.75) is 39.5 Å². The number of anilines is 1. The summed E-state index contributed by atoms with van der Waals surface area (Å²) in [5, 5.41) is 9.19. The average Bonchev–Trinajstić information content (AvgIpc) is 2.97. The summed E-state index contributed by atoms with van der Waals surface area (Å²) in [7, 11) is 0. The van der Waals surface area contributed by atoms with Gasteiger partial charge in [0, 0.05) is 25.3 Å². The topological polar surface area (TPSA) is 70.2 Å². The second kappa shape index (κ2) is 6.93. The summed E-state index contributed by atoms with van der Waals surface area (Å²) in [5.41, 5.74) is 2.75. The predicted molar refractivity (Wildman–Crippen MR) is 94.8 cm³/mol. The Hall–Kier alpha value is -1.88. The molecule has 0 spiro atoms. The van der Waals surface area contributed by atoms with E-state index in [0.717, 1.165) is 44.5 Å². The molecule has 1 saturated carbocycles. The number of aryl methyl sites for hydroxylation is 2. The average molecular weight is 329 g/mol. The summed E-state index contributed by atoms with van der Waals surface area (Å²) >= 11 is 0. The maximum atomic E-state index is 12.9. The zero-order valence-corrected chi connectivity index (χ0v) is 14.6. The van der Waals surface area contributed by atoms with E-state index in [2.05, 4.69) is 22.9 Å². The Labute approximate surface area is 143 Å². The molecule has 1 heterocycles. The zero-order valence-electron chi connectivity index (χ0n) is 14.6. The lowest BCUT2D eigenvalue weighted by atomic mass is 9.84. The summed E-state index contributed by atoms with van der Waals surface area (Å²) in [6, 6.07) is 5.98. The van der Waals surface area contributed by atoms with E-state index in [1.807, 2.05) is 25.1 Å². The molecule has 1 saturated heterocycles. The van der Waals surface area contributed by atoms with E-state index < -0.39 is 5.41 Å². The standard InChI is InChI=1S/C19H27N3O2/c1-13-5-6-16(9-14(13)2)22-18(24)19(7-3-4-8-19)12-21-17(23)15-10-20-11-15/h5-6,9,15,20H,3-4,7-8,10-12H2,1-2H3,(H,21,23)(H,22,24). The van der Waals surface area contributed by atoms with Crippen LogP contribution in [0.4, 0.5) is 5.69 Å². The Balaban J connectivity index is 1.65. The quantitative estimate of drug-likeness (QED) is 0.775. The fourth-order valence-corrected chi connectivity index (χ4v) is 3.49. The third-order valence-corrected chi connectivity index (χ3v) is 5.56. The minimum atomic E-state index is -0.467. The number of hydrogen-bond donors (Lipinski definition) is 3. The summed E-state index contributed by atoms with van der Waals surface area (Å²) in [5.74, 6) is 0.167. The number of carbonyl (C=O) groups is 2. The van der Waals surface area contributed by atoms with Gasteiger partial charge in [0.25, 0.3) is 0 Å². The van der Waals surface area contributed by atoms with Crippen molar-refractivity contribution < 1.29 is 9.59 Å². The fourth-order valence-electron chi connectivity index (χ4n) is 3.49. The number of carbonyl (C=O) groups excluding carboxylic acids is 2. The zero-order chi connectivity index (χ0) is 17.2. The SMILES string of the molecule is Cc1ccc(NC(=O)C2(CNC(=O)C3CNC3)CCCC2)cc1C. The van der Waals surface area contributed by atoms with Crippen molar-refractivity contribution in [3.8, 4) is 0 Å². The highest BCUT2D eigenvalue weighted by Crippen LogP contribution is 2.38. The van der Waals surface area contributed by atoms with Crippen LogP contribution in [-0.4, -0.2) is 31.4 Å². The summed E-state index contributed by atoms with van der Waals surface area (Å²) in [6.45, 7) is 6.04. The maximum absolute atomic E-state index is 12.9. The van der Waals surface area contributed by atoms with Crippen LogP contribution in [-0.2, 0) is 9.59 Å². The molecule has 1 aliphatic heterocycles. The van der Waals surface area contributed by atoms with E-state index in [9.17, 15) is 9.59 Å². The van der Waals surface area contributed by atoms with Gasteiger partial charge >= 0.3 is 0 Å². The Kier molecular flexibility index (Phi) is 4.90. The molecular weight excluding hydrogens is 302 g/mol. The first-order valence-electron chi connectivity index (χ1n) is 8.87. The highest BCUT2D eigenvalue weighted by molar-refractivity contribution is 5.96. The monoisotopic (exact) mass is 329 g/mol. The molecular formula is C19H27N3O2. The highest BCUT2D eigenvalue weighted by atomic mass is 16.2. The van der Waals surface area contributed by atoms with Gasteiger partial charge in [-0.2, -0.15) is 0 Å². The summed E-state index contributed by atoms with van der Waals surface area (Å²) in [4.78, 5) is 25.0. The van der Waals surface area contributed by atoms with Gasteiger partial charge in [0.1, 0.15) is 0 Å². The van der Waals surface area contributed by atoms with Crippen molar-refractivity contribution in [2.75, 3.05) is 25.0 Å². The van der Waals surface area contributed by atoms with Gasteiger partial charge in [-0.05, 0) is 49.9 Å². The van der Waals surface area contributed by atoms with Crippen LogP contribution < -0.4 is 16.0 Å². The van der Waals surface area contributed by atoms with Gasteiger partial charge < -0.3 is 16.0 Å². The van der Waals surface area contributed by atoms with Crippen LogP contribution in [0.15, 0.2) is 18.2 Å². The molecule has 2 aliphatic rings. The molecule has 5 heteroatoms. The largest absolute Gasteiger partial charge is 0.355 e. The molecule has 0 aromatic heterocycles. The maximum Gasteiger partial charge on any atom is 0.232 e. The molecule has 2 amide bonds. The molecule has 0 bridgehead atoms. The van der Waals surface area contributed by atoms with Crippen molar-refractivity contribution in [2.24, 2.45) is 11.3 Å². The predicted octanol–water partition coefficient (Wildman–Crippen LogP) is 2.14. The molecule has 0 radical (unpaired) electrons. The Morgan fingerprint density at radius 1 is 1.17 bits per heavy atom. The van der Waals surface area contributed by atoms with E-state index in [4.69, 9.17) is 0 Å². The van der Waals surface area contributed by atoms with E-state index >= 15 is 0 Å². The van der Waals surface area contributed by atoms with Crippen molar-refractivity contribution in [3.05, 3.63) is 29.3 Å². The summed E-state index contributed by atoms with van der Waals surface area (Å²) < 4.78 is 0. The third-order valence-electron chi connectivity index (χ3n) is 5.56. The van der Waals surface area contributed by atoms with Gasteiger partial charge in [-0.1, -0.05) is 18.9 Å². The van der Waals surface area contributed by atoms with Gasteiger partial charge in [-0.15, -0.1) is 0 Å².